The molecule has 88 valence electrons. The van der Waals surface area contributed by atoms with Crippen molar-refractivity contribution in [2.45, 2.75) is 27.7 Å². The Balaban J connectivity index is 3.31. The molecule has 1 rings (SSSR count). The third-order valence-electron chi connectivity index (χ3n) is 2.56. The van der Waals surface area contributed by atoms with Crippen molar-refractivity contribution in [3.63, 3.8) is 0 Å². The molecule has 0 aliphatic heterocycles. The highest BCUT2D eigenvalue weighted by atomic mass is 19.1. The topological polar surface area (TPSA) is 26.3 Å². The number of hydrogen-bond acceptors (Lipinski definition) is 2. The second kappa shape index (κ2) is 4.83. The summed E-state index contributed by atoms with van der Waals surface area (Å²) in [6, 6.07) is 0. The molecule has 0 bridgehead atoms. The fraction of sp³-hybridized carbons (Fsp3) is 0.417. The van der Waals surface area contributed by atoms with Crippen molar-refractivity contribution in [3.05, 3.63) is 11.4 Å². The van der Waals surface area contributed by atoms with Gasteiger partial charge < -0.3 is 4.74 Å². The third-order valence-corrected chi connectivity index (χ3v) is 2.56. The van der Waals surface area contributed by atoms with E-state index in [1.807, 2.05) is 0 Å². The van der Waals surface area contributed by atoms with Crippen LogP contribution in [0.1, 0.15) is 26.3 Å². The molecule has 0 aliphatic carbocycles. The van der Waals surface area contributed by atoms with E-state index in [1.165, 1.54) is 6.92 Å². The van der Waals surface area contributed by atoms with E-state index in [0.717, 1.165) is 0 Å². The number of rotatable bonds is 1. The maximum atomic E-state index is 14.0. The lowest BCUT2D eigenvalue weighted by molar-refractivity contribution is -0.143. The smallest absolute Gasteiger partial charge is 0.316 e. The largest absolute Gasteiger partial charge is 0.424 e. The van der Waals surface area contributed by atoms with Crippen molar-refractivity contribution >= 4 is 45.9 Å². The van der Waals surface area contributed by atoms with E-state index in [2.05, 4.69) is 0 Å². The zero-order chi connectivity index (χ0) is 14.2. The molecule has 0 N–H and O–H groups in total. The minimum atomic E-state index is -0.775. The lowest BCUT2D eigenvalue weighted by atomic mass is 9.70. The van der Waals surface area contributed by atoms with Crippen molar-refractivity contribution in [2.24, 2.45) is 5.41 Å². The number of halogens is 1. The predicted molar refractivity (Wildman–Crippen MR) is 72.4 cm³/mol. The molecule has 0 amide bonds. The fourth-order valence-electron chi connectivity index (χ4n) is 1.22. The zero-order valence-electron chi connectivity index (χ0n) is 10.9. The monoisotopic (exact) mass is 240 g/mol. The lowest BCUT2D eigenvalue weighted by Gasteiger charge is -2.21. The molecule has 0 fully saturated rings. The Bertz CT molecular complexity index is 478. The molecule has 0 saturated heterocycles. The van der Waals surface area contributed by atoms with Crippen LogP contribution in [0, 0.1) is 18.2 Å². The minimum Gasteiger partial charge on any atom is -0.424 e. The van der Waals surface area contributed by atoms with Gasteiger partial charge in [-0.2, -0.15) is 0 Å². The van der Waals surface area contributed by atoms with Gasteiger partial charge in [-0.25, -0.2) is 4.39 Å². The summed E-state index contributed by atoms with van der Waals surface area (Å²) in [4.78, 5) is 11.7. The summed E-state index contributed by atoms with van der Waals surface area (Å²) >= 11 is 0. The molecule has 1 aromatic carbocycles. The SMILES string of the molecule is [B]c1c([B])c(C)c(F)c(OC(=O)C(C)(C)C)c1[B]. The Kier molecular flexibility index (Phi) is 3.99. The van der Waals surface area contributed by atoms with Crippen LogP contribution in [0.15, 0.2) is 0 Å². The lowest BCUT2D eigenvalue weighted by Crippen LogP contribution is -2.43. The molecule has 0 unspecified atom stereocenters. The Morgan fingerprint density at radius 1 is 1.11 bits per heavy atom. The van der Waals surface area contributed by atoms with Crippen LogP contribution in [-0.2, 0) is 4.79 Å². The quantitative estimate of drug-likeness (QED) is 0.374. The summed E-state index contributed by atoms with van der Waals surface area (Å²) in [5.74, 6) is -1.73. The van der Waals surface area contributed by atoms with Crippen LogP contribution in [-0.4, -0.2) is 29.5 Å². The molecular weight excluding hydrogens is 228 g/mol. The van der Waals surface area contributed by atoms with Crippen molar-refractivity contribution in [1.82, 2.24) is 0 Å². The number of esters is 1. The molecule has 0 spiro atoms. The van der Waals surface area contributed by atoms with Gasteiger partial charge >= 0.3 is 5.97 Å². The summed E-state index contributed by atoms with van der Waals surface area (Å²) in [6.07, 6.45) is 0. The first-order chi connectivity index (χ1) is 8.07. The van der Waals surface area contributed by atoms with Crippen molar-refractivity contribution in [3.8, 4) is 5.75 Å². The second-order valence-electron chi connectivity index (χ2n) is 5.15. The van der Waals surface area contributed by atoms with E-state index in [-0.39, 0.29) is 27.7 Å². The van der Waals surface area contributed by atoms with E-state index in [9.17, 15) is 9.18 Å². The van der Waals surface area contributed by atoms with Gasteiger partial charge in [0.05, 0.1) is 5.41 Å². The van der Waals surface area contributed by atoms with Crippen LogP contribution in [0.4, 0.5) is 4.39 Å². The molecule has 0 heterocycles. The Morgan fingerprint density at radius 3 is 2.06 bits per heavy atom. The van der Waals surface area contributed by atoms with Crippen molar-refractivity contribution in [2.75, 3.05) is 0 Å². The van der Waals surface area contributed by atoms with Crippen LogP contribution in [0.5, 0.6) is 5.75 Å². The highest BCUT2D eigenvalue weighted by Gasteiger charge is 2.26. The van der Waals surface area contributed by atoms with Crippen LogP contribution in [0.3, 0.4) is 0 Å². The number of ether oxygens (including phenoxy) is 1. The molecular formula is C12H12B3FO2. The number of benzene rings is 1. The molecule has 18 heavy (non-hydrogen) atoms. The highest BCUT2D eigenvalue weighted by Crippen LogP contribution is 2.20. The third kappa shape index (κ3) is 2.63. The molecule has 0 atom stereocenters. The average molecular weight is 240 g/mol. The van der Waals surface area contributed by atoms with Gasteiger partial charge in [0.2, 0.25) is 0 Å². The van der Waals surface area contributed by atoms with E-state index in [4.69, 9.17) is 28.3 Å². The molecule has 6 heteroatoms. The Labute approximate surface area is 111 Å². The van der Waals surface area contributed by atoms with Gasteiger partial charge in [-0.1, -0.05) is 10.9 Å². The Hall–Kier alpha value is -1.19. The number of carbonyl (C=O) groups excluding carboxylic acids is 1. The second-order valence-corrected chi connectivity index (χ2v) is 5.15. The summed E-state index contributed by atoms with van der Waals surface area (Å²) in [6.45, 7) is 6.39. The van der Waals surface area contributed by atoms with Crippen LogP contribution < -0.4 is 21.1 Å². The fourth-order valence-corrected chi connectivity index (χ4v) is 1.22. The van der Waals surface area contributed by atoms with Gasteiger partial charge in [0.25, 0.3) is 0 Å². The highest BCUT2D eigenvalue weighted by molar-refractivity contribution is 6.58. The standard InChI is InChI=1S/C12H12B3FO2/c1-5-6(13)7(14)8(15)10(9(5)16)18-11(17)12(2,3)4/h1-4H3. The summed E-state index contributed by atoms with van der Waals surface area (Å²) in [7, 11) is 16.8. The zero-order valence-corrected chi connectivity index (χ0v) is 10.9. The summed E-state index contributed by atoms with van der Waals surface area (Å²) in [5.41, 5.74) is -0.749. The van der Waals surface area contributed by atoms with Crippen LogP contribution in [0.25, 0.3) is 0 Å². The van der Waals surface area contributed by atoms with Crippen LogP contribution in [0.2, 0.25) is 0 Å². The number of hydrogen-bond donors (Lipinski definition) is 0. The van der Waals surface area contributed by atoms with Gasteiger partial charge in [-0.3, -0.25) is 4.79 Å². The van der Waals surface area contributed by atoms with Gasteiger partial charge in [0, 0.05) is 0 Å². The molecule has 6 radical (unpaired) electrons. The van der Waals surface area contributed by atoms with Crippen molar-refractivity contribution < 1.29 is 13.9 Å². The first-order valence-corrected chi connectivity index (χ1v) is 5.42. The molecule has 0 saturated carbocycles. The molecule has 0 aliphatic rings. The Morgan fingerprint density at radius 2 is 1.61 bits per heavy atom. The van der Waals surface area contributed by atoms with E-state index < -0.39 is 17.2 Å². The normalized spacial score (nSPS) is 11.4. The first-order valence-electron chi connectivity index (χ1n) is 5.42. The average Bonchev–Trinajstić information content (AvgIpc) is 2.28. The van der Waals surface area contributed by atoms with Gasteiger partial charge in [0.1, 0.15) is 23.5 Å². The molecule has 0 aromatic heterocycles. The van der Waals surface area contributed by atoms with Gasteiger partial charge in [-0.15, -0.1) is 5.46 Å². The van der Waals surface area contributed by atoms with Crippen molar-refractivity contribution in [1.29, 1.82) is 0 Å². The van der Waals surface area contributed by atoms with E-state index in [1.54, 1.807) is 20.8 Å². The maximum absolute atomic E-state index is 14.0. The summed E-state index contributed by atoms with van der Waals surface area (Å²) in [5, 5.41) is 0. The predicted octanol–water partition coefficient (Wildman–Crippen LogP) is -0.533. The first kappa shape index (κ1) is 14.9. The minimum absolute atomic E-state index is 0.0191. The number of carbonyl (C=O) groups is 1. The summed E-state index contributed by atoms with van der Waals surface area (Å²) < 4.78 is 18.9. The molecule has 1 aromatic rings. The van der Waals surface area contributed by atoms with Gasteiger partial charge in [0.15, 0.2) is 11.6 Å². The van der Waals surface area contributed by atoms with Crippen LogP contribution >= 0.6 is 0 Å². The van der Waals surface area contributed by atoms with E-state index in [0.29, 0.717) is 0 Å². The maximum Gasteiger partial charge on any atom is 0.316 e. The molecule has 2 nitrogen and oxygen atoms in total. The van der Waals surface area contributed by atoms with Gasteiger partial charge in [-0.05, 0) is 33.3 Å². The van der Waals surface area contributed by atoms with E-state index >= 15 is 0 Å².